The molecule has 3 aromatic carbocycles. The third-order valence-corrected chi connectivity index (χ3v) is 7.12. The Morgan fingerprint density at radius 1 is 0.897 bits per heavy atom. The van der Waals surface area contributed by atoms with Gasteiger partial charge >= 0.3 is 0 Å². The summed E-state index contributed by atoms with van der Waals surface area (Å²) in [5.74, 6) is -0.516. The topological polar surface area (TPSA) is 101 Å². The van der Waals surface area contributed by atoms with E-state index in [4.69, 9.17) is 9.15 Å². The Labute approximate surface area is 229 Å². The zero-order chi connectivity index (χ0) is 27.5. The molecule has 3 amide bonds. The van der Waals surface area contributed by atoms with E-state index in [0.29, 0.717) is 27.7 Å². The van der Waals surface area contributed by atoms with E-state index in [1.54, 1.807) is 61.7 Å². The largest absolute Gasteiger partial charge is 0.495 e. The van der Waals surface area contributed by atoms with E-state index in [1.807, 2.05) is 38.1 Å². The van der Waals surface area contributed by atoms with E-state index in [-0.39, 0.29) is 22.3 Å². The molecular formula is C30H25N3O5S. The lowest BCUT2D eigenvalue weighted by Gasteiger charge is -2.16. The van der Waals surface area contributed by atoms with Gasteiger partial charge in [-0.3, -0.25) is 14.4 Å². The summed E-state index contributed by atoms with van der Waals surface area (Å²) in [6.07, 6.45) is 1.43. The number of aryl methyl sites for hydroxylation is 2. The predicted octanol–water partition coefficient (Wildman–Crippen LogP) is 6.15. The molecule has 4 aromatic rings. The van der Waals surface area contributed by atoms with Gasteiger partial charge in [0.05, 0.1) is 24.7 Å². The number of furan rings is 1. The van der Waals surface area contributed by atoms with E-state index in [2.05, 4.69) is 10.6 Å². The molecule has 1 aliphatic heterocycles. The Balaban J connectivity index is 1.46. The third-order valence-electron chi connectivity index (χ3n) is 6.03. The monoisotopic (exact) mass is 539 g/mol. The van der Waals surface area contributed by atoms with E-state index < -0.39 is 11.8 Å². The fourth-order valence-electron chi connectivity index (χ4n) is 4.02. The van der Waals surface area contributed by atoms with Gasteiger partial charge < -0.3 is 19.8 Å². The van der Waals surface area contributed by atoms with Crippen LogP contribution in [0.1, 0.15) is 21.7 Å². The van der Waals surface area contributed by atoms with Gasteiger partial charge in [-0.25, -0.2) is 4.90 Å². The van der Waals surface area contributed by atoms with Gasteiger partial charge in [0.15, 0.2) is 5.76 Å². The fourth-order valence-corrected chi connectivity index (χ4v) is 4.95. The van der Waals surface area contributed by atoms with Crippen molar-refractivity contribution in [3.8, 4) is 5.75 Å². The minimum atomic E-state index is -0.461. The summed E-state index contributed by atoms with van der Waals surface area (Å²) in [6, 6.07) is 23.0. The number of nitrogens with one attached hydrogen (secondary N) is 2. The Morgan fingerprint density at radius 2 is 1.62 bits per heavy atom. The van der Waals surface area contributed by atoms with Gasteiger partial charge in [0.2, 0.25) is 0 Å². The van der Waals surface area contributed by atoms with Gasteiger partial charge in [-0.15, -0.1) is 0 Å². The summed E-state index contributed by atoms with van der Waals surface area (Å²) >= 11 is 1.17. The quantitative estimate of drug-likeness (QED) is 0.259. The van der Waals surface area contributed by atoms with Crippen LogP contribution < -0.4 is 20.3 Å². The first-order chi connectivity index (χ1) is 18.8. The van der Waals surface area contributed by atoms with Crippen LogP contribution in [0.3, 0.4) is 0 Å². The number of methoxy groups -OCH3 is 1. The van der Waals surface area contributed by atoms with Crippen molar-refractivity contribution in [2.24, 2.45) is 0 Å². The lowest BCUT2D eigenvalue weighted by Crippen LogP contribution is -2.32. The minimum Gasteiger partial charge on any atom is -0.495 e. The molecule has 0 unspecified atom stereocenters. The van der Waals surface area contributed by atoms with Crippen LogP contribution in [0.15, 0.2) is 105 Å². The van der Waals surface area contributed by atoms with Crippen LogP contribution in [-0.4, -0.2) is 24.8 Å². The van der Waals surface area contributed by atoms with Gasteiger partial charge in [-0.1, -0.05) is 35.5 Å². The van der Waals surface area contributed by atoms with Gasteiger partial charge in [-0.2, -0.15) is 0 Å². The molecule has 0 aliphatic carbocycles. The lowest BCUT2D eigenvalue weighted by molar-refractivity contribution is -0.120. The summed E-state index contributed by atoms with van der Waals surface area (Å²) < 4.78 is 10.6. The van der Waals surface area contributed by atoms with E-state index in [0.717, 1.165) is 11.1 Å². The number of thioether (sulfide) groups is 1. The molecule has 5 rings (SSSR count). The number of carbonyl (C=O) groups is 3. The van der Waals surface area contributed by atoms with Gasteiger partial charge in [0.1, 0.15) is 16.4 Å². The molecular weight excluding hydrogens is 514 g/mol. The SMILES string of the molecule is COc1ccc(C)cc1NC1=C(Sc2ccc(NC(=O)c3ccco3)cc2)C(=O)N(c2ccc(C)cc2)C1=O. The molecule has 9 heteroatoms. The normalized spacial score (nSPS) is 13.2. The number of nitrogens with zero attached hydrogens (tertiary/aromatic N) is 1. The molecule has 2 heterocycles. The second-order valence-corrected chi connectivity index (χ2v) is 9.96. The summed E-state index contributed by atoms with van der Waals surface area (Å²) in [4.78, 5) is 41.7. The van der Waals surface area contributed by atoms with Crippen LogP contribution in [0.4, 0.5) is 17.1 Å². The van der Waals surface area contributed by atoms with Crippen molar-refractivity contribution in [3.63, 3.8) is 0 Å². The van der Waals surface area contributed by atoms with Crippen molar-refractivity contribution >= 4 is 46.5 Å². The van der Waals surface area contributed by atoms with Crippen LogP contribution in [-0.2, 0) is 9.59 Å². The molecule has 8 nitrogen and oxygen atoms in total. The molecule has 0 spiro atoms. The van der Waals surface area contributed by atoms with Gasteiger partial charge in [-0.05, 0) is 80.1 Å². The highest BCUT2D eigenvalue weighted by Gasteiger charge is 2.40. The Morgan fingerprint density at radius 3 is 2.28 bits per heavy atom. The van der Waals surface area contributed by atoms with Crippen molar-refractivity contribution in [1.29, 1.82) is 0 Å². The maximum absolute atomic E-state index is 13.7. The molecule has 1 aliphatic rings. The van der Waals surface area contributed by atoms with Crippen LogP contribution in [0.25, 0.3) is 0 Å². The second kappa shape index (κ2) is 10.9. The summed E-state index contributed by atoms with van der Waals surface area (Å²) in [6.45, 7) is 3.87. The first kappa shape index (κ1) is 25.9. The first-order valence-corrected chi connectivity index (χ1v) is 12.9. The molecule has 1 aromatic heterocycles. The Bertz CT molecular complexity index is 1580. The number of amides is 3. The molecule has 0 saturated carbocycles. The van der Waals surface area contributed by atoms with Crippen molar-refractivity contribution in [1.82, 2.24) is 0 Å². The lowest BCUT2D eigenvalue weighted by atomic mass is 10.2. The number of benzene rings is 3. The van der Waals surface area contributed by atoms with Crippen molar-refractivity contribution in [2.45, 2.75) is 18.7 Å². The number of hydrogen-bond acceptors (Lipinski definition) is 7. The average Bonchev–Trinajstić information content (AvgIpc) is 3.55. The predicted molar refractivity (Wildman–Crippen MR) is 151 cm³/mol. The molecule has 0 radical (unpaired) electrons. The van der Waals surface area contributed by atoms with E-state index in [9.17, 15) is 14.4 Å². The number of ether oxygens (including phenoxy) is 1. The standard InChI is InChI=1S/C30H25N3O5S/c1-18-6-11-21(12-7-18)33-29(35)26(32-23-17-19(2)8-15-24(23)37-3)27(30(33)36)39-22-13-9-20(10-14-22)31-28(34)25-5-4-16-38-25/h4-17,32H,1-3H3,(H,31,34). The van der Waals surface area contributed by atoms with Crippen LogP contribution in [0.2, 0.25) is 0 Å². The highest BCUT2D eigenvalue weighted by atomic mass is 32.2. The molecule has 39 heavy (non-hydrogen) atoms. The van der Waals surface area contributed by atoms with Crippen LogP contribution >= 0.6 is 11.8 Å². The summed E-state index contributed by atoms with van der Waals surface area (Å²) in [5, 5.41) is 5.93. The highest BCUT2D eigenvalue weighted by molar-refractivity contribution is 8.04. The zero-order valence-electron chi connectivity index (χ0n) is 21.5. The zero-order valence-corrected chi connectivity index (χ0v) is 22.3. The number of anilines is 3. The van der Waals surface area contributed by atoms with Crippen LogP contribution in [0, 0.1) is 13.8 Å². The van der Waals surface area contributed by atoms with E-state index in [1.165, 1.54) is 22.9 Å². The van der Waals surface area contributed by atoms with Gasteiger partial charge in [0.25, 0.3) is 17.7 Å². The maximum atomic E-state index is 13.7. The van der Waals surface area contributed by atoms with Crippen LogP contribution in [0.5, 0.6) is 5.75 Å². The number of rotatable bonds is 8. The fraction of sp³-hybridized carbons (Fsp3) is 0.100. The number of hydrogen-bond donors (Lipinski definition) is 2. The Hall–Kier alpha value is -4.76. The van der Waals surface area contributed by atoms with Crippen molar-refractivity contribution < 1.29 is 23.5 Å². The second-order valence-electron chi connectivity index (χ2n) is 8.87. The van der Waals surface area contributed by atoms with Crippen molar-refractivity contribution in [2.75, 3.05) is 22.6 Å². The number of carbonyl (C=O) groups excluding carboxylic acids is 3. The Kier molecular flexibility index (Phi) is 7.25. The molecule has 2 N–H and O–H groups in total. The third kappa shape index (κ3) is 5.44. The molecule has 0 atom stereocenters. The highest BCUT2D eigenvalue weighted by Crippen LogP contribution is 2.39. The smallest absolute Gasteiger partial charge is 0.291 e. The summed E-state index contributed by atoms with van der Waals surface area (Å²) in [7, 11) is 1.55. The average molecular weight is 540 g/mol. The summed E-state index contributed by atoms with van der Waals surface area (Å²) in [5.41, 5.74) is 3.76. The number of imide groups is 1. The van der Waals surface area contributed by atoms with Crippen molar-refractivity contribution in [3.05, 3.63) is 113 Å². The molecule has 0 bridgehead atoms. The van der Waals surface area contributed by atoms with Gasteiger partial charge in [0, 0.05) is 10.6 Å². The first-order valence-electron chi connectivity index (χ1n) is 12.1. The molecule has 0 saturated heterocycles. The minimum absolute atomic E-state index is 0.157. The molecule has 196 valence electrons. The molecule has 0 fully saturated rings. The van der Waals surface area contributed by atoms with E-state index >= 15 is 0 Å². The maximum Gasteiger partial charge on any atom is 0.291 e.